The Bertz CT molecular complexity index is 782. The molecule has 2 aliphatic rings. The van der Waals surface area contributed by atoms with Gasteiger partial charge in [-0.05, 0) is 12.6 Å². The van der Waals surface area contributed by atoms with Crippen LogP contribution in [-0.2, 0) is 6.54 Å². The van der Waals surface area contributed by atoms with Gasteiger partial charge in [-0.15, -0.1) is 0 Å². The number of aromatic nitrogens is 2. The molecule has 2 aliphatic heterocycles. The first-order valence-corrected chi connectivity index (χ1v) is 10.00. The quantitative estimate of drug-likeness (QED) is 0.794. The van der Waals surface area contributed by atoms with Gasteiger partial charge in [-0.25, -0.2) is 9.97 Å². The maximum absolute atomic E-state index is 12.8. The second kappa shape index (κ2) is 8.67. The Kier molecular flexibility index (Phi) is 5.83. The van der Waals surface area contributed by atoms with Crippen LogP contribution in [-0.4, -0.2) is 90.0 Å². The van der Waals surface area contributed by atoms with Crippen molar-refractivity contribution in [3.05, 3.63) is 54.0 Å². The summed E-state index contributed by atoms with van der Waals surface area (Å²) in [5.41, 5.74) is 1.85. The first-order valence-electron chi connectivity index (χ1n) is 10.00. The summed E-state index contributed by atoms with van der Waals surface area (Å²) in [5, 5.41) is 0. The summed E-state index contributed by atoms with van der Waals surface area (Å²) in [7, 11) is 2.09. The lowest BCUT2D eigenvalue weighted by atomic mass is 10.2. The van der Waals surface area contributed by atoms with Gasteiger partial charge < -0.3 is 14.7 Å². The molecule has 0 bridgehead atoms. The zero-order valence-electron chi connectivity index (χ0n) is 16.5. The Labute approximate surface area is 166 Å². The molecule has 1 amide bonds. The van der Waals surface area contributed by atoms with Gasteiger partial charge in [0.1, 0.15) is 17.8 Å². The van der Waals surface area contributed by atoms with Crippen molar-refractivity contribution in [2.45, 2.75) is 6.54 Å². The Morgan fingerprint density at radius 3 is 2.36 bits per heavy atom. The molecule has 0 aliphatic carbocycles. The normalized spacial score (nSPS) is 19.0. The van der Waals surface area contributed by atoms with Crippen LogP contribution >= 0.6 is 0 Å². The monoisotopic (exact) mass is 380 g/mol. The molecule has 0 atom stereocenters. The molecule has 0 saturated carbocycles. The van der Waals surface area contributed by atoms with Crippen molar-refractivity contribution in [1.29, 1.82) is 0 Å². The molecule has 3 heterocycles. The fourth-order valence-electron chi connectivity index (χ4n) is 3.79. The molecule has 1 aromatic heterocycles. The minimum atomic E-state index is 0.0134. The average Bonchev–Trinajstić information content (AvgIpc) is 2.75. The Hall–Kier alpha value is -2.51. The number of amides is 1. The Morgan fingerprint density at radius 1 is 0.929 bits per heavy atom. The van der Waals surface area contributed by atoms with E-state index in [-0.39, 0.29) is 5.91 Å². The number of anilines is 1. The number of benzene rings is 1. The fourth-order valence-corrected chi connectivity index (χ4v) is 3.79. The van der Waals surface area contributed by atoms with E-state index in [0.717, 1.165) is 64.7 Å². The lowest BCUT2D eigenvalue weighted by Crippen LogP contribution is -2.47. The molecule has 2 fully saturated rings. The number of likely N-dealkylation sites (N-methyl/N-ethyl adjacent to an activating group) is 1. The first-order chi connectivity index (χ1) is 13.7. The van der Waals surface area contributed by atoms with E-state index in [1.165, 1.54) is 11.9 Å². The van der Waals surface area contributed by atoms with E-state index < -0.39 is 0 Å². The predicted octanol–water partition coefficient (Wildman–Crippen LogP) is 1.19. The van der Waals surface area contributed by atoms with Crippen LogP contribution < -0.4 is 4.90 Å². The fraction of sp³-hybridized carbons (Fsp3) is 0.476. The van der Waals surface area contributed by atoms with Crippen molar-refractivity contribution in [1.82, 2.24) is 24.7 Å². The van der Waals surface area contributed by atoms with Crippen LogP contribution in [0.3, 0.4) is 0 Å². The molecule has 2 aromatic rings. The zero-order valence-corrected chi connectivity index (χ0v) is 16.5. The van der Waals surface area contributed by atoms with E-state index in [1.807, 2.05) is 11.0 Å². The van der Waals surface area contributed by atoms with E-state index in [0.29, 0.717) is 5.69 Å². The van der Waals surface area contributed by atoms with Crippen LogP contribution in [0, 0.1) is 0 Å². The molecule has 148 valence electrons. The molecule has 1 aromatic carbocycles. The average molecular weight is 380 g/mol. The van der Waals surface area contributed by atoms with Gasteiger partial charge in [0.05, 0.1) is 0 Å². The van der Waals surface area contributed by atoms with Gasteiger partial charge >= 0.3 is 0 Å². The van der Waals surface area contributed by atoms with Gasteiger partial charge in [0.2, 0.25) is 0 Å². The van der Waals surface area contributed by atoms with Crippen LogP contribution in [0.5, 0.6) is 0 Å². The third-order valence-electron chi connectivity index (χ3n) is 5.61. The summed E-state index contributed by atoms with van der Waals surface area (Å²) < 4.78 is 0. The highest BCUT2D eigenvalue weighted by molar-refractivity contribution is 5.93. The van der Waals surface area contributed by atoms with Crippen LogP contribution in [0.25, 0.3) is 0 Å². The molecule has 28 heavy (non-hydrogen) atoms. The van der Waals surface area contributed by atoms with Crippen LogP contribution in [0.15, 0.2) is 42.7 Å². The minimum absolute atomic E-state index is 0.0134. The number of nitrogens with zero attached hydrogens (tertiary/aromatic N) is 6. The van der Waals surface area contributed by atoms with Crippen LogP contribution in [0.1, 0.15) is 16.1 Å². The summed E-state index contributed by atoms with van der Waals surface area (Å²) in [6.45, 7) is 8.10. The van der Waals surface area contributed by atoms with E-state index in [1.54, 1.807) is 0 Å². The summed E-state index contributed by atoms with van der Waals surface area (Å²) >= 11 is 0. The van der Waals surface area contributed by atoms with Crippen molar-refractivity contribution in [2.75, 3.05) is 64.3 Å². The summed E-state index contributed by atoms with van der Waals surface area (Å²) in [4.78, 5) is 30.3. The number of carbonyl (C=O) groups is 1. The topological polar surface area (TPSA) is 55.8 Å². The summed E-state index contributed by atoms with van der Waals surface area (Å²) in [6, 6.07) is 12.4. The molecule has 7 nitrogen and oxygen atoms in total. The van der Waals surface area contributed by atoms with Crippen molar-refractivity contribution >= 4 is 11.7 Å². The predicted molar refractivity (Wildman–Crippen MR) is 109 cm³/mol. The number of hydrogen-bond acceptors (Lipinski definition) is 6. The van der Waals surface area contributed by atoms with Gasteiger partial charge in [-0.3, -0.25) is 9.69 Å². The van der Waals surface area contributed by atoms with E-state index in [4.69, 9.17) is 0 Å². The lowest BCUT2D eigenvalue weighted by molar-refractivity contribution is 0.0658. The van der Waals surface area contributed by atoms with Gasteiger partial charge in [0.25, 0.3) is 5.91 Å². The van der Waals surface area contributed by atoms with E-state index >= 15 is 0 Å². The number of piperazine rings is 2. The lowest BCUT2D eigenvalue weighted by Gasteiger charge is -2.35. The maximum Gasteiger partial charge on any atom is 0.272 e. The third-order valence-corrected chi connectivity index (χ3v) is 5.61. The van der Waals surface area contributed by atoms with Gasteiger partial charge in [0, 0.05) is 65.0 Å². The molecule has 0 spiro atoms. The van der Waals surface area contributed by atoms with Crippen molar-refractivity contribution < 1.29 is 4.79 Å². The highest BCUT2D eigenvalue weighted by Gasteiger charge is 2.23. The Morgan fingerprint density at radius 2 is 1.64 bits per heavy atom. The largest absolute Gasteiger partial charge is 0.354 e. The van der Waals surface area contributed by atoms with Crippen molar-refractivity contribution in [3.8, 4) is 0 Å². The summed E-state index contributed by atoms with van der Waals surface area (Å²) in [6.07, 6.45) is 1.52. The smallest absolute Gasteiger partial charge is 0.272 e. The highest BCUT2D eigenvalue weighted by Crippen LogP contribution is 2.17. The van der Waals surface area contributed by atoms with Gasteiger partial charge in [0.15, 0.2) is 0 Å². The molecule has 0 radical (unpaired) electrons. The van der Waals surface area contributed by atoms with Crippen molar-refractivity contribution in [2.24, 2.45) is 0 Å². The van der Waals surface area contributed by atoms with Crippen molar-refractivity contribution in [3.63, 3.8) is 0 Å². The summed E-state index contributed by atoms with van der Waals surface area (Å²) in [5.74, 6) is 0.867. The first kappa shape index (κ1) is 18.8. The highest BCUT2D eigenvalue weighted by atomic mass is 16.2. The number of rotatable bonds is 4. The van der Waals surface area contributed by atoms with Crippen LogP contribution in [0.2, 0.25) is 0 Å². The number of carbonyl (C=O) groups excluding carboxylic acids is 1. The van der Waals surface area contributed by atoms with Crippen LogP contribution in [0.4, 0.5) is 5.82 Å². The Balaban J connectivity index is 1.35. The standard InChI is InChI=1S/C21H28N6O/c1-24-7-11-27(12-8-24)21(28)19-15-20(23-17-22-19)26-13-9-25(10-14-26)16-18-5-3-2-4-6-18/h2-6,15,17H,7-14,16H2,1H3. The second-order valence-corrected chi connectivity index (χ2v) is 7.61. The van der Waals surface area contributed by atoms with Gasteiger partial charge in [-0.1, -0.05) is 30.3 Å². The SMILES string of the molecule is CN1CCN(C(=O)c2cc(N3CCN(Cc4ccccc4)CC3)ncn2)CC1. The van der Waals surface area contributed by atoms with E-state index in [2.05, 4.69) is 62.0 Å². The minimum Gasteiger partial charge on any atom is -0.354 e. The molecule has 2 saturated heterocycles. The van der Waals surface area contributed by atoms with Gasteiger partial charge in [-0.2, -0.15) is 0 Å². The second-order valence-electron chi connectivity index (χ2n) is 7.61. The molecular formula is C21H28N6O. The van der Waals surface area contributed by atoms with E-state index in [9.17, 15) is 4.79 Å². The number of hydrogen-bond donors (Lipinski definition) is 0. The third kappa shape index (κ3) is 4.48. The molecule has 0 N–H and O–H groups in total. The molecular weight excluding hydrogens is 352 g/mol. The molecule has 0 unspecified atom stereocenters. The molecule has 4 rings (SSSR count). The maximum atomic E-state index is 12.8. The zero-order chi connectivity index (χ0) is 19.3. The molecule has 7 heteroatoms.